The van der Waals surface area contributed by atoms with Crippen LogP contribution >= 0.6 is 0 Å². The Hall–Kier alpha value is -6.05. The van der Waals surface area contributed by atoms with E-state index in [1.165, 1.54) is 0 Å². The molecule has 3 amide bonds. The number of hydrogen-bond donors (Lipinski definition) is 5. The van der Waals surface area contributed by atoms with Gasteiger partial charge >= 0.3 is 6.09 Å². The van der Waals surface area contributed by atoms with E-state index in [1.54, 1.807) is 36.5 Å². The van der Waals surface area contributed by atoms with Crippen molar-refractivity contribution in [2.45, 2.75) is 70.6 Å². The normalized spacial score (nSPS) is 18.3. The number of rotatable bonds is 11. The molecule has 274 valence electrons. The number of anilines is 1. The van der Waals surface area contributed by atoms with Gasteiger partial charge in [0.25, 0.3) is 0 Å². The van der Waals surface area contributed by atoms with Crippen LogP contribution < -0.4 is 10.6 Å². The molecular formula is C39H44N10O4. The van der Waals surface area contributed by atoms with Crippen molar-refractivity contribution in [3.63, 3.8) is 0 Å². The van der Waals surface area contributed by atoms with Crippen molar-refractivity contribution in [2.24, 2.45) is 5.92 Å². The van der Waals surface area contributed by atoms with E-state index < -0.39 is 18.2 Å². The molecule has 0 saturated carbocycles. The maximum Gasteiger partial charge on any atom is 0.405 e. The number of nitrogens with one attached hydrogen (secondary N) is 4. The number of H-pyrrole nitrogens is 2. The van der Waals surface area contributed by atoms with Crippen molar-refractivity contribution in [1.29, 1.82) is 0 Å². The monoisotopic (exact) mass is 716 g/mol. The zero-order valence-corrected chi connectivity index (χ0v) is 30.0. The number of imidazole rings is 2. The predicted octanol–water partition coefficient (Wildman–Crippen LogP) is 6.04. The molecule has 5 N–H and O–H groups in total. The van der Waals surface area contributed by atoms with E-state index >= 15 is 0 Å². The van der Waals surface area contributed by atoms with Crippen LogP contribution in [0.4, 0.5) is 10.7 Å². The van der Waals surface area contributed by atoms with Crippen LogP contribution in [0.25, 0.3) is 33.6 Å². The van der Waals surface area contributed by atoms with Crippen LogP contribution in [-0.2, 0) is 9.59 Å². The predicted molar refractivity (Wildman–Crippen MR) is 199 cm³/mol. The lowest BCUT2D eigenvalue weighted by Crippen LogP contribution is -2.46. The average Bonchev–Trinajstić information content (AvgIpc) is 4.00. The zero-order valence-electron chi connectivity index (χ0n) is 30.0. The lowest BCUT2D eigenvalue weighted by Gasteiger charge is -2.30. The second-order valence-electron chi connectivity index (χ2n) is 14.0. The molecule has 3 aromatic heterocycles. The molecule has 14 nitrogen and oxygen atoms in total. The number of aromatic nitrogens is 6. The minimum atomic E-state index is -1.22. The van der Waals surface area contributed by atoms with E-state index in [9.17, 15) is 14.4 Å². The summed E-state index contributed by atoms with van der Waals surface area (Å²) >= 11 is 0. The molecule has 14 heteroatoms. The number of likely N-dealkylation sites (tertiary alicyclic amines) is 2. The maximum absolute atomic E-state index is 13.8. The van der Waals surface area contributed by atoms with E-state index in [2.05, 4.69) is 72.0 Å². The lowest BCUT2D eigenvalue weighted by atomic mass is 10.0. The summed E-state index contributed by atoms with van der Waals surface area (Å²) in [5.74, 6) is 1.71. The summed E-state index contributed by atoms with van der Waals surface area (Å²) < 4.78 is 0. The van der Waals surface area contributed by atoms with Crippen LogP contribution in [0.15, 0.2) is 79.4 Å². The summed E-state index contributed by atoms with van der Waals surface area (Å²) in [4.78, 5) is 66.1. The molecule has 4 atom stereocenters. The van der Waals surface area contributed by atoms with Crippen molar-refractivity contribution < 1.29 is 19.5 Å². The molecule has 0 bridgehead atoms. The molecule has 2 aliphatic rings. The van der Waals surface area contributed by atoms with Crippen LogP contribution in [-0.4, -0.2) is 87.9 Å². The third kappa shape index (κ3) is 7.62. The van der Waals surface area contributed by atoms with Gasteiger partial charge in [0.2, 0.25) is 17.8 Å². The van der Waals surface area contributed by atoms with E-state index in [1.807, 2.05) is 37.1 Å². The quantitative estimate of drug-likeness (QED) is 0.109. The highest BCUT2D eigenvalue weighted by molar-refractivity contribution is 5.86. The molecule has 2 saturated heterocycles. The molecule has 2 fully saturated rings. The second-order valence-corrected chi connectivity index (χ2v) is 14.0. The Bertz CT molecular complexity index is 2040. The van der Waals surface area contributed by atoms with Crippen LogP contribution in [0.3, 0.4) is 0 Å². The molecule has 2 aliphatic heterocycles. The maximum atomic E-state index is 13.8. The topological polar surface area (TPSA) is 185 Å². The van der Waals surface area contributed by atoms with E-state index in [-0.39, 0.29) is 29.8 Å². The summed E-state index contributed by atoms with van der Waals surface area (Å²) in [5.41, 5.74) is 5.83. The van der Waals surface area contributed by atoms with Gasteiger partial charge in [0.05, 0.1) is 35.9 Å². The molecule has 0 radical (unpaired) electrons. The van der Waals surface area contributed by atoms with Gasteiger partial charge in [-0.25, -0.2) is 24.7 Å². The average molecular weight is 717 g/mol. The number of carbonyl (C=O) groups is 3. The first kappa shape index (κ1) is 35.4. The van der Waals surface area contributed by atoms with Crippen LogP contribution in [0, 0.1) is 5.92 Å². The fourth-order valence-electron chi connectivity index (χ4n) is 7.32. The van der Waals surface area contributed by atoms with Gasteiger partial charge in [-0.3, -0.25) is 9.59 Å². The highest BCUT2D eigenvalue weighted by atomic mass is 16.4. The first-order valence-corrected chi connectivity index (χ1v) is 18.1. The van der Waals surface area contributed by atoms with Crippen molar-refractivity contribution in [1.82, 2.24) is 45.0 Å². The summed E-state index contributed by atoms with van der Waals surface area (Å²) in [7, 11) is 0. The smallest absolute Gasteiger partial charge is 0.405 e. The van der Waals surface area contributed by atoms with Gasteiger partial charge in [-0.05, 0) is 66.8 Å². The number of hydrogen-bond acceptors (Lipinski definition) is 8. The minimum Gasteiger partial charge on any atom is -0.465 e. The molecule has 5 heterocycles. The highest BCUT2D eigenvalue weighted by Crippen LogP contribution is 2.35. The van der Waals surface area contributed by atoms with E-state index in [4.69, 9.17) is 10.1 Å². The molecule has 5 aromatic rings. The molecule has 0 unspecified atom stereocenters. The van der Waals surface area contributed by atoms with Crippen molar-refractivity contribution in [3.8, 4) is 33.6 Å². The SMILES string of the molecule is CC(C)[C@H](Nc1ncccn1)C(=O)N1CCC[C@H]1c1ncc(-c2ccc(-c3ccc(-c4cnc([C@@H]5CCCN5C(=O)[C@H](C)NC(=O)O)[nH]4)cc3)cc2)[nH]1. The third-order valence-electron chi connectivity index (χ3n) is 10.1. The number of aromatic amines is 2. The largest absolute Gasteiger partial charge is 0.465 e. The molecule has 2 aromatic carbocycles. The Morgan fingerprint density at radius 3 is 1.66 bits per heavy atom. The second kappa shape index (κ2) is 15.3. The number of benzene rings is 2. The molecule has 0 spiro atoms. The Morgan fingerprint density at radius 2 is 1.19 bits per heavy atom. The summed E-state index contributed by atoms with van der Waals surface area (Å²) in [6.45, 7) is 6.82. The molecule has 7 rings (SSSR count). The van der Waals surface area contributed by atoms with Crippen molar-refractivity contribution >= 4 is 23.9 Å². The zero-order chi connectivity index (χ0) is 37.1. The third-order valence-corrected chi connectivity index (χ3v) is 10.1. The summed E-state index contributed by atoms with van der Waals surface area (Å²) in [6, 6.07) is 16.6. The van der Waals surface area contributed by atoms with Gasteiger partial charge in [-0.15, -0.1) is 0 Å². The van der Waals surface area contributed by atoms with Gasteiger partial charge in [0.15, 0.2) is 0 Å². The van der Waals surface area contributed by atoms with Crippen molar-refractivity contribution in [3.05, 3.63) is 91.0 Å². The van der Waals surface area contributed by atoms with Gasteiger partial charge in [-0.2, -0.15) is 0 Å². The van der Waals surface area contributed by atoms with Gasteiger partial charge in [0.1, 0.15) is 23.7 Å². The first-order valence-electron chi connectivity index (χ1n) is 18.1. The standard InChI is InChI=1S/C39H44N10O4/c1-23(2)33(47-38-40-17-6-18-41-38)37(51)49-20-5-8-32(49)35-43-22-30(46-35)28-15-11-26(12-16-28)25-9-13-27(14-10-25)29-21-42-34(45-29)31-7-4-19-48(31)36(50)24(3)44-39(52)53/h6,9-18,21-24,31-33,44H,4-5,7-8,19-20H2,1-3H3,(H,42,45)(H,43,46)(H,52,53)(H,40,41,47)/t24-,31-,32-,33-/m0/s1. The molecule has 0 aliphatic carbocycles. The van der Waals surface area contributed by atoms with Crippen LogP contribution in [0.2, 0.25) is 0 Å². The lowest BCUT2D eigenvalue weighted by molar-refractivity contribution is -0.134. The van der Waals surface area contributed by atoms with E-state index in [0.29, 0.717) is 24.9 Å². The minimum absolute atomic E-state index is 0.0191. The summed E-state index contributed by atoms with van der Waals surface area (Å²) in [5, 5.41) is 14.5. The Balaban J connectivity index is 0.999. The number of amides is 3. The van der Waals surface area contributed by atoms with Crippen LogP contribution in [0.1, 0.15) is 70.2 Å². The highest BCUT2D eigenvalue weighted by Gasteiger charge is 2.37. The number of carboxylic acid groups (broad SMARTS) is 1. The van der Waals surface area contributed by atoms with E-state index in [0.717, 1.165) is 65.1 Å². The van der Waals surface area contributed by atoms with Gasteiger partial charge in [0, 0.05) is 25.5 Å². The molecular weight excluding hydrogens is 672 g/mol. The fraction of sp³-hybridized carbons (Fsp3) is 0.359. The Kier molecular flexibility index (Phi) is 10.2. The summed E-state index contributed by atoms with van der Waals surface area (Å²) in [6.07, 6.45) is 9.03. The Morgan fingerprint density at radius 1 is 0.717 bits per heavy atom. The first-order chi connectivity index (χ1) is 25.7. The fourth-order valence-corrected chi connectivity index (χ4v) is 7.32. The number of nitrogens with zero attached hydrogens (tertiary/aromatic N) is 6. The van der Waals surface area contributed by atoms with Gasteiger partial charge in [-0.1, -0.05) is 62.4 Å². The number of carbonyl (C=O) groups excluding carboxylic acids is 2. The molecule has 53 heavy (non-hydrogen) atoms. The Labute approximate surface area is 307 Å². The van der Waals surface area contributed by atoms with Gasteiger partial charge < -0.3 is 35.5 Å². The van der Waals surface area contributed by atoms with Crippen molar-refractivity contribution in [2.75, 3.05) is 18.4 Å². The van der Waals surface area contributed by atoms with Crippen LogP contribution in [0.5, 0.6) is 0 Å².